The van der Waals surface area contributed by atoms with Gasteiger partial charge in [0, 0.05) is 37.9 Å². The third kappa shape index (κ3) is 6.82. The van der Waals surface area contributed by atoms with Gasteiger partial charge in [0.25, 0.3) is 5.91 Å². The van der Waals surface area contributed by atoms with Crippen molar-refractivity contribution in [1.82, 2.24) is 9.80 Å². The summed E-state index contributed by atoms with van der Waals surface area (Å²) in [5, 5.41) is 16.1. The fraction of sp³-hybridized carbons (Fsp3) is 0.500. The number of nitrogens with one attached hydrogen (secondary N) is 1. The lowest BCUT2D eigenvalue weighted by Gasteiger charge is -2.33. The van der Waals surface area contributed by atoms with Crippen molar-refractivity contribution in [2.75, 3.05) is 46.5 Å². The topological polar surface area (TPSA) is 146 Å². The molecule has 0 atom stereocenters. The number of carboxylic acid groups (broad SMARTS) is 1. The van der Waals surface area contributed by atoms with Gasteiger partial charge in [-0.25, -0.2) is 4.79 Å². The number of carbonyl (C=O) groups is 3. The van der Waals surface area contributed by atoms with E-state index in [-0.39, 0.29) is 50.1 Å². The average Bonchev–Trinajstić information content (AvgIpc) is 2.74. The molecule has 0 spiro atoms. The molecule has 0 saturated carbocycles. The van der Waals surface area contributed by atoms with Crippen molar-refractivity contribution >= 4 is 23.6 Å². The SMILES string of the molecule is COCCN(CC(=O)N1CCC(OCC(=O)O)CC1)C(=O)c1ccc(C(=N)N)cc1. The number of likely N-dealkylation sites (tertiary alicyclic amines) is 1. The Kier molecular flexibility index (Phi) is 8.75. The number of aliphatic carboxylic acids is 1. The molecule has 0 aliphatic carbocycles. The highest BCUT2D eigenvalue weighted by atomic mass is 16.5. The third-order valence-corrected chi connectivity index (χ3v) is 4.86. The lowest BCUT2D eigenvalue weighted by atomic mass is 10.1. The second kappa shape index (κ2) is 11.3. The fourth-order valence-electron chi connectivity index (χ4n) is 3.15. The number of hydrogen-bond donors (Lipinski definition) is 3. The van der Waals surface area contributed by atoms with E-state index in [9.17, 15) is 14.4 Å². The molecule has 4 N–H and O–H groups in total. The molecule has 0 radical (unpaired) electrons. The Labute approximate surface area is 175 Å². The summed E-state index contributed by atoms with van der Waals surface area (Å²) in [5.41, 5.74) is 6.35. The minimum absolute atomic E-state index is 0.0860. The van der Waals surface area contributed by atoms with Gasteiger partial charge in [-0.3, -0.25) is 15.0 Å². The van der Waals surface area contributed by atoms with Crippen LogP contribution in [-0.4, -0.2) is 91.1 Å². The van der Waals surface area contributed by atoms with Gasteiger partial charge in [-0.15, -0.1) is 0 Å². The zero-order chi connectivity index (χ0) is 22.1. The lowest BCUT2D eigenvalue weighted by molar-refractivity contribution is -0.147. The van der Waals surface area contributed by atoms with E-state index in [2.05, 4.69) is 0 Å². The van der Waals surface area contributed by atoms with E-state index < -0.39 is 5.97 Å². The Balaban J connectivity index is 1.96. The van der Waals surface area contributed by atoms with Crippen molar-refractivity contribution in [3.63, 3.8) is 0 Å². The fourth-order valence-corrected chi connectivity index (χ4v) is 3.15. The van der Waals surface area contributed by atoms with Gasteiger partial charge in [0.15, 0.2) is 0 Å². The summed E-state index contributed by atoms with van der Waals surface area (Å²) < 4.78 is 10.4. The van der Waals surface area contributed by atoms with Crippen LogP contribution in [0, 0.1) is 5.41 Å². The number of rotatable bonds is 10. The molecule has 164 valence electrons. The van der Waals surface area contributed by atoms with Crippen LogP contribution >= 0.6 is 0 Å². The normalized spacial score (nSPS) is 14.4. The zero-order valence-electron chi connectivity index (χ0n) is 17.0. The number of piperidine rings is 1. The van der Waals surface area contributed by atoms with Crippen LogP contribution in [0.1, 0.15) is 28.8 Å². The minimum Gasteiger partial charge on any atom is -0.480 e. The Hall–Kier alpha value is -2.98. The van der Waals surface area contributed by atoms with Crippen LogP contribution < -0.4 is 5.73 Å². The number of nitrogens with zero attached hydrogens (tertiary/aromatic N) is 2. The van der Waals surface area contributed by atoms with Crippen molar-refractivity contribution < 1.29 is 29.0 Å². The highest BCUT2D eigenvalue weighted by Gasteiger charge is 2.26. The van der Waals surface area contributed by atoms with Crippen LogP contribution in [0.15, 0.2) is 24.3 Å². The van der Waals surface area contributed by atoms with Gasteiger partial charge in [-0.1, -0.05) is 12.1 Å². The molecule has 1 aliphatic heterocycles. The van der Waals surface area contributed by atoms with E-state index in [0.29, 0.717) is 37.1 Å². The molecule has 1 aromatic carbocycles. The monoisotopic (exact) mass is 420 g/mol. The van der Waals surface area contributed by atoms with Gasteiger partial charge in [0.2, 0.25) is 5.91 Å². The highest BCUT2D eigenvalue weighted by molar-refractivity contribution is 5.99. The summed E-state index contributed by atoms with van der Waals surface area (Å²) in [4.78, 5) is 39.3. The highest BCUT2D eigenvalue weighted by Crippen LogP contribution is 2.15. The van der Waals surface area contributed by atoms with Crippen LogP contribution in [0.25, 0.3) is 0 Å². The van der Waals surface area contributed by atoms with Crippen LogP contribution in [-0.2, 0) is 19.1 Å². The summed E-state index contributed by atoms with van der Waals surface area (Å²) in [5.74, 6) is -1.60. The maximum atomic E-state index is 12.9. The molecule has 1 fully saturated rings. The van der Waals surface area contributed by atoms with Crippen LogP contribution in [0.2, 0.25) is 0 Å². The number of benzene rings is 1. The van der Waals surface area contributed by atoms with Crippen molar-refractivity contribution in [2.45, 2.75) is 18.9 Å². The standard InChI is InChI=1S/C20H28N4O6/c1-29-11-10-24(20(28)15-4-2-14(3-5-15)19(21)22)12-17(25)23-8-6-16(7-9-23)30-13-18(26)27/h2-5,16H,6-13H2,1H3,(H3,21,22)(H,26,27). The second-order valence-electron chi connectivity index (χ2n) is 7.00. The van der Waals surface area contributed by atoms with Gasteiger partial charge >= 0.3 is 5.97 Å². The average molecular weight is 420 g/mol. The van der Waals surface area contributed by atoms with Crippen molar-refractivity contribution in [3.8, 4) is 0 Å². The van der Waals surface area contributed by atoms with E-state index in [4.69, 9.17) is 25.7 Å². The zero-order valence-corrected chi connectivity index (χ0v) is 17.0. The number of methoxy groups -OCH3 is 1. The smallest absolute Gasteiger partial charge is 0.329 e. The molecule has 1 aliphatic rings. The molecule has 10 nitrogen and oxygen atoms in total. The predicted octanol–water partition coefficient (Wildman–Crippen LogP) is 0.151. The van der Waals surface area contributed by atoms with Crippen molar-refractivity contribution in [1.29, 1.82) is 5.41 Å². The van der Waals surface area contributed by atoms with E-state index in [1.807, 2.05) is 0 Å². The van der Waals surface area contributed by atoms with Crippen LogP contribution in [0.4, 0.5) is 0 Å². The van der Waals surface area contributed by atoms with Gasteiger partial charge in [0.1, 0.15) is 19.0 Å². The molecule has 1 heterocycles. The Morgan fingerprint density at radius 3 is 2.33 bits per heavy atom. The number of carbonyl (C=O) groups excluding carboxylic acids is 2. The summed E-state index contributed by atoms with van der Waals surface area (Å²) in [6.45, 7) is 1.01. The number of hydrogen-bond acceptors (Lipinski definition) is 6. The Bertz CT molecular complexity index is 759. The first kappa shape index (κ1) is 23.3. The van der Waals surface area contributed by atoms with Gasteiger partial charge < -0.3 is 30.1 Å². The van der Waals surface area contributed by atoms with E-state index in [1.165, 1.54) is 12.0 Å². The largest absolute Gasteiger partial charge is 0.480 e. The van der Waals surface area contributed by atoms with Gasteiger partial charge in [0.05, 0.1) is 12.7 Å². The van der Waals surface area contributed by atoms with Crippen molar-refractivity contribution in [3.05, 3.63) is 35.4 Å². The van der Waals surface area contributed by atoms with E-state index in [1.54, 1.807) is 29.2 Å². The Morgan fingerprint density at radius 2 is 1.80 bits per heavy atom. The van der Waals surface area contributed by atoms with E-state index >= 15 is 0 Å². The molecule has 1 saturated heterocycles. The Morgan fingerprint density at radius 1 is 1.20 bits per heavy atom. The van der Waals surface area contributed by atoms with Gasteiger partial charge in [-0.2, -0.15) is 0 Å². The second-order valence-corrected chi connectivity index (χ2v) is 7.00. The predicted molar refractivity (Wildman–Crippen MR) is 108 cm³/mol. The molecule has 10 heteroatoms. The quantitative estimate of drug-likeness (QED) is 0.361. The number of ether oxygens (including phenoxy) is 2. The molecule has 1 aromatic rings. The molecular formula is C20H28N4O6. The molecule has 0 aromatic heterocycles. The van der Waals surface area contributed by atoms with Crippen LogP contribution in [0.5, 0.6) is 0 Å². The molecule has 2 rings (SSSR count). The first-order chi connectivity index (χ1) is 14.3. The maximum Gasteiger partial charge on any atom is 0.329 e. The molecule has 0 unspecified atom stereocenters. The van der Waals surface area contributed by atoms with Gasteiger partial charge in [-0.05, 0) is 25.0 Å². The summed E-state index contributed by atoms with van der Waals surface area (Å²) in [6.07, 6.45) is 0.922. The van der Waals surface area contributed by atoms with E-state index in [0.717, 1.165) is 0 Å². The lowest BCUT2D eigenvalue weighted by Crippen LogP contribution is -2.47. The molecular weight excluding hydrogens is 392 g/mol. The maximum absolute atomic E-state index is 12.9. The molecule has 0 bridgehead atoms. The first-order valence-electron chi connectivity index (χ1n) is 9.65. The number of carboxylic acids is 1. The third-order valence-electron chi connectivity index (χ3n) is 4.86. The molecule has 30 heavy (non-hydrogen) atoms. The number of nitrogen functional groups attached to an aromatic ring is 1. The summed E-state index contributed by atoms with van der Waals surface area (Å²) >= 11 is 0. The van der Waals surface area contributed by atoms with Crippen molar-refractivity contribution in [2.24, 2.45) is 5.73 Å². The summed E-state index contributed by atoms with van der Waals surface area (Å²) in [7, 11) is 1.52. The molecule has 2 amide bonds. The number of amides is 2. The first-order valence-corrected chi connectivity index (χ1v) is 9.65. The minimum atomic E-state index is -1.02. The number of nitrogens with two attached hydrogens (primary N) is 1. The van der Waals surface area contributed by atoms with Crippen LogP contribution in [0.3, 0.4) is 0 Å². The number of amidine groups is 1. The summed E-state index contributed by atoms with van der Waals surface area (Å²) in [6, 6.07) is 6.34.